The molecule has 0 saturated carbocycles. The van der Waals surface area contributed by atoms with Crippen LogP contribution in [0.4, 0.5) is 13.2 Å². The molecule has 5 heteroatoms. The average molecular weight is 373 g/mol. The normalized spacial score (nSPS) is 14.7. The standard InChI is InChI=1S/C22H22F3NO/c1-4-13(2)19-10-15(12-26-14(19)3)17-6-5-7-18(17)20-11-16(22(23,24)25)8-9-21(20)27/h8-12,27H,2,4-7H2,1,3H3. The predicted octanol–water partition coefficient (Wildman–Crippen LogP) is 6.63. The number of alkyl halides is 3. The third-order valence-electron chi connectivity index (χ3n) is 5.11. The second kappa shape index (κ2) is 7.22. The van der Waals surface area contributed by atoms with Crippen molar-refractivity contribution < 1.29 is 18.3 Å². The van der Waals surface area contributed by atoms with Crippen molar-refractivity contribution in [2.75, 3.05) is 0 Å². The van der Waals surface area contributed by atoms with E-state index < -0.39 is 11.7 Å². The van der Waals surface area contributed by atoms with Crippen LogP contribution in [0.5, 0.6) is 5.75 Å². The van der Waals surface area contributed by atoms with E-state index in [1.165, 1.54) is 0 Å². The predicted molar refractivity (Wildman–Crippen MR) is 102 cm³/mol. The fourth-order valence-electron chi connectivity index (χ4n) is 3.56. The van der Waals surface area contributed by atoms with Crippen LogP contribution in [0.2, 0.25) is 0 Å². The molecule has 0 fully saturated rings. The molecule has 0 saturated heterocycles. The summed E-state index contributed by atoms with van der Waals surface area (Å²) in [5, 5.41) is 10.2. The number of aromatic hydroxyl groups is 1. The van der Waals surface area contributed by atoms with E-state index >= 15 is 0 Å². The zero-order chi connectivity index (χ0) is 19.8. The zero-order valence-electron chi connectivity index (χ0n) is 15.5. The van der Waals surface area contributed by atoms with Crippen molar-refractivity contribution in [2.45, 2.75) is 45.7 Å². The van der Waals surface area contributed by atoms with Crippen molar-refractivity contribution in [1.29, 1.82) is 0 Å². The molecule has 1 aliphatic rings. The first kappa shape index (κ1) is 19.2. The summed E-state index contributed by atoms with van der Waals surface area (Å²) in [4.78, 5) is 4.46. The van der Waals surface area contributed by atoms with Gasteiger partial charge < -0.3 is 5.11 Å². The van der Waals surface area contributed by atoms with Crippen LogP contribution < -0.4 is 0 Å². The number of halogens is 3. The fraction of sp³-hybridized carbons (Fsp3) is 0.318. The van der Waals surface area contributed by atoms with Crippen molar-refractivity contribution in [1.82, 2.24) is 4.98 Å². The molecule has 0 amide bonds. The van der Waals surface area contributed by atoms with Crippen LogP contribution in [0.25, 0.3) is 16.7 Å². The smallest absolute Gasteiger partial charge is 0.416 e. The summed E-state index contributed by atoms with van der Waals surface area (Å²) < 4.78 is 39.3. The van der Waals surface area contributed by atoms with Gasteiger partial charge in [0.2, 0.25) is 0 Å². The van der Waals surface area contributed by atoms with Crippen LogP contribution >= 0.6 is 0 Å². The van der Waals surface area contributed by atoms with Crippen molar-refractivity contribution >= 4 is 16.7 Å². The maximum absolute atomic E-state index is 13.1. The molecule has 1 heterocycles. The first-order valence-electron chi connectivity index (χ1n) is 9.00. The summed E-state index contributed by atoms with van der Waals surface area (Å²) in [5.74, 6) is -0.129. The van der Waals surface area contributed by atoms with Gasteiger partial charge >= 0.3 is 6.18 Å². The second-order valence-electron chi connectivity index (χ2n) is 6.85. The largest absolute Gasteiger partial charge is 0.507 e. The van der Waals surface area contributed by atoms with Crippen LogP contribution in [0, 0.1) is 6.92 Å². The minimum Gasteiger partial charge on any atom is -0.507 e. The molecule has 1 aromatic heterocycles. The highest BCUT2D eigenvalue weighted by molar-refractivity contribution is 5.94. The Morgan fingerprint density at radius 1 is 1.19 bits per heavy atom. The Hall–Kier alpha value is -2.56. The van der Waals surface area contributed by atoms with Gasteiger partial charge in [-0.15, -0.1) is 0 Å². The summed E-state index contributed by atoms with van der Waals surface area (Å²) in [6.07, 6.45) is 0.312. The molecule has 0 unspecified atom stereocenters. The molecule has 2 aromatic rings. The number of benzene rings is 1. The van der Waals surface area contributed by atoms with Gasteiger partial charge in [0.15, 0.2) is 0 Å². The highest BCUT2D eigenvalue weighted by Crippen LogP contribution is 2.44. The molecule has 0 spiro atoms. The van der Waals surface area contributed by atoms with Gasteiger partial charge in [-0.1, -0.05) is 13.5 Å². The lowest BCUT2D eigenvalue weighted by atomic mass is 9.93. The molecule has 0 atom stereocenters. The topological polar surface area (TPSA) is 33.1 Å². The first-order chi connectivity index (χ1) is 12.7. The first-order valence-corrected chi connectivity index (χ1v) is 9.00. The number of aryl methyl sites for hydroxylation is 1. The zero-order valence-corrected chi connectivity index (χ0v) is 15.5. The van der Waals surface area contributed by atoms with Crippen LogP contribution in [0.15, 0.2) is 37.0 Å². The van der Waals surface area contributed by atoms with Gasteiger partial charge in [-0.2, -0.15) is 13.2 Å². The van der Waals surface area contributed by atoms with Gasteiger partial charge in [0.1, 0.15) is 5.75 Å². The monoisotopic (exact) mass is 373 g/mol. The summed E-state index contributed by atoms with van der Waals surface area (Å²) in [5.41, 5.74) is 4.93. The van der Waals surface area contributed by atoms with Gasteiger partial charge in [-0.25, -0.2) is 0 Å². The SMILES string of the molecule is C=C(CC)c1cc(C2=C(c3cc(C(F)(F)F)ccc3O)CCC2)cnc1C. The lowest BCUT2D eigenvalue weighted by Crippen LogP contribution is -2.05. The Balaban J connectivity index is 2.14. The van der Waals surface area contributed by atoms with E-state index in [1.54, 1.807) is 6.20 Å². The van der Waals surface area contributed by atoms with Gasteiger partial charge in [-0.05, 0) is 84.7 Å². The van der Waals surface area contributed by atoms with E-state index in [1.807, 2.05) is 19.9 Å². The molecular weight excluding hydrogens is 351 g/mol. The number of pyridine rings is 1. The summed E-state index contributed by atoms with van der Waals surface area (Å²) in [6, 6.07) is 5.09. The molecule has 142 valence electrons. The Bertz CT molecular complexity index is 926. The van der Waals surface area contributed by atoms with Crippen LogP contribution in [0.1, 0.15) is 60.6 Å². The van der Waals surface area contributed by atoms with Crippen LogP contribution in [0.3, 0.4) is 0 Å². The quantitative estimate of drug-likeness (QED) is 0.652. The number of rotatable bonds is 4. The number of hydrogen-bond acceptors (Lipinski definition) is 2. The number of phenolic OH excluding ortho intramolecular Hbond substituents is 1. The number of phenols is 1. The van der Waals surface area contributed by atoms with Crippen LogP contribution in [-0.4, -0.2) is 10.1 Å². The van der Waals surface area contributed by atoms with E-state index in [4.69, 9.17) is 0 Å². The summed E-state index contributed by atoms with van der Waals surface area (Å²) >= 11 is 0. The van der Waals surface area contributed by atoms with E-state index in [0.29, 0.717) is 6.42 Å². The Morgan fingerprint density at radius 3 is 2.56 bits per heavy atom. The van der Waals surface area contributed by atoms with Gasteiger partial charge in [0.25, 0.3) is 0 Å². The molecule has 0 radical (unpaired) electrons. The van der Waals surface area contributed by atoms with Gasteiger partial charge in [0, 0.05) is 17.5 Å². The molecule has 0 bridgehead atoms. The minimum atomic E-state index is -4.45. The molecule has 2 nitrogen and oxygen atoms in total. The van der Waals surface area contributed by atoms with Crippen molar-refractivity contribution in [3.8, 4) is 5.75 Å². The number of nitrogens with zero attached hydrogens (tertiary/aromatic N) is 1. The third kappa shape index (κ3) is 3.77. The molecule has 3 rings (SSSR count). The molecule has 1 aliphatic carbocycles. The number of hydrogen-bond donors (Lipinski definition) is 1. The molecule has 1 aromatic carbocycles. The van der Waals surface area contributed by atoms with Gasteiger partial charge in [0.05, 0.1) is 5.56 Å². The van der Waals surface area contributed by atoms with E-state index in [-0.39, 0.29) is 11.3 Å². The van der Waals surface area contributed by atoms with Crippen molar-refractivity contribution in [3.63, 3.8) is 0 Å². The number of aromatic nitrogens is 1. The highest BCUT2D eigenvalue weighted by atomic mass is 19.4. The Kier molecular flexibility index (Phi) is 5.13. The molecule has 1 N–H and O–H groups in total. The maximum atomic E-state index is 13.1. The third-order valence-corrected chi connectivity index (χ3v) is 5.11. The van der Waals surface area contributed by atoms with E-state index in [9.17, 15) is 18.3 Å². The Labute approximate surface area is 157 Å². The van der Waals surface area contributed by atoms with Gasteiger partial charge in [-0.3, -0.25) is 4.98 Å². The second-order valence-corrected chi connectivity index (χ2v) is 6.85. The van der Waals surface area contributed by atoms with E-state index in [2.05, 4.69) is 11.6 Å². The molecule has 0 aliphatic heterocycles. The molecular formula is C22H22F3NO. The Morgan fingerprint density at radius 2 is 1.89 bits per heavy atom. The van der Waals surface area contributed by atoms with Crippen molar-refractivity contribution in [3.05, 3.63) is 65.0 Å². The fourth-order valence-corrected chi connectivity index (χ4v) is 3.56. The highest BCUT2D eigenvalue weighted by Gasteiger charge is 2.32. The lowest BCUT2D eigenvalue weighted by molar-refractivity contribution is -0.137. The lowest BCUT2D eigenvalue weighted by Gasteiger charge is -2.15. The molecule has 27 heavy (non-hydrogen) atoms. The average Bonchev–Trinajstić information content (AvgIpc) is 3.10. The summed E-state index contributed by atoms with van der Waals surface area (Å²) in [6.45, 7) is 8.02. The minimum absolute atomic E-state index is 0.129. The number of allylic oxidation sites excluding steroid dienone is 3. The van der Waals surface area contributed by atoms with E-state index in [0.717, 1.165) is 71.0 Å². The maximum Gasteiger partial charge on any atom is 0.416 e. The summed E-state index contributed by atoms with van der Waals surface area (Å²) in [7, 11) is 0. The van der Waals surface area contributed by atoms with Crippen LogP contribution in [-0.2, 0) is 6.18 Å². The van der Waals surface area contributed by atoms with Crippen molar-refractivity contribution in [2.24, 2.45) is 0 Å².